The molecule has 4 heteroatoms. The third kappa shape index (κ3) is 2.65. The third-order valence-corrected chi connectivity index (χ3v) is 2.65. The van der Waals surface area contributed by atoms with Crippen LogP contribution in [0.1, 0.15) is 11.6 Å². The maximum Gasteiger partial charge on any atom is 0.127 e. The van der Waals surface area contributed by atoms with Crippen LogP contribution in [-0.4, -0.2) is 39.8 Å². The number of likely N-dealkylation sites (N-methyl/N-ethyl adjacent to an activating group) is 1. The first-order valence-electron chi connectivity index (χ1n) is 5.22. The Bertz CT molecular complexity index is 340. The van der Waals surface area contributed by atoms with E-state index in [9.17, 15) is 0 Å². The van der Waals surface area contributed by atoms with Crippen molar-refractivity contribution in [2.24, 2.45) is 5.73 Å². The van der Waals surface area contributed by atoms with Gasteiger partial charge in [-0.2, -0.15) is 0 Å². The lowest BCUT2D eigenvalue weighted by atomic mass is 10.0. The lowest BCUT2D eigenvalue weighted by Crippen LogP contribution is -2.27. The van der Waals surface area contributed by atoms with Crippen LogP contribution < -0.4 is 15.2 Å². The number of rotatable bonds is 5. The molecule has 0 radical (unpaired) electrons. The minimum absolute atomic E-state index is 0.154. The molecular weight excluding hydrogens is 204 g/mol. The number of benzene rings is 1. The minimum atomic E-state index is 0.154. The van der Waals surface area contributed by atoms with Crippen LogP contribution in [0.5, 0.6) is 11.5 Å². The largest absolute Gasteiger partial charge is 0.497 e. The molecule has 0 bridgehead atoms. The fourth-order valence-corrected chi connectivity index (χ4v) is 1.71. The van der Waals surface area contributed by atoms with E-state index < -0.39 is 0 Å². The van der Waals surface area contributed by atoms with Gasteiger partial charge >= 0.3 is 0 Å². The van der Waals surface area contributed by atoms with Crippen LogP contribution in [0.4, 0.5) is 0 Å². The summed E-state index contributed by atoms with van der Waals surface area (Å²) in [7, 11) is 7.30. The summed E-state index contributed by atoms with van der Waals surface area (Å²) >= 11 is 0. The number of hydrogen-bond donors (Lipinski definition) is 1. The molecule has 0 fully saturated rings. The van der Waals surface area contributed by atoms with E-state index in [4.69, 9.17) is 15.2 Å². The van der Waals surface area contributed by atoms with Crippen molar-refractivity contribution in [3.05, 3.63) is 23.8 Å². The molecule has 1 rings (SSSR count). The van der Waals surface area contributed by atoms with Gasteiger partial charge in [0.15, 0.2) is 0 Å². The predicted molar refractivity (Wildman–Crippen MR) is 65.0 cm³/mol. The summed E-state index contributed by atoms with van der Waals surface area (Å²) in [5.74, 6) is 1.60. The van der Waals surface area contributed by atoms with Gasteiger partial charge in [-0.1, -0.05) is 6.07 Å². The van der Waals surface area contributed by atoms with E-state index in [1.165, 1.54) is 0 Å². The first-order chi connectivity index (χ1) is 7.63. The van der Waals surface area contributed by atoms with Gasteiger partial charge in [-0.3, -0.25) is 0 Å². The molecule has 0 aliphatic carbocycles. The molecule has 1 aromatic rings. The lowest BCUT2D eigenvalue weighted by molar-refractivity contribution is 0.294. The monoisotopic (exact) mass is 224 g/mol. The molecule has 0 saturated heterocycles. The zero-order valence-electron chi connectivity index (χ0n) is 10.4. The molecular formula is C12H20N2O2. The molecule has 0 heterocycles. The normalized spacial score (nSPS) is 12.6. The van der Waals surface area contributed by atoms with E-state index in [-0.39, 0.29) is 6.04 Å². The molecule has 0 unspecified atom stereocenters. The molecule has 0 amide bonds. The first kappa shape index (κ1) is 12.8. The van der Waals surface area contributed by atoms with Crippen molar-refractivity contribution >= 4 is 0 Å². The van der Waals surface area contributed by atoms with Crippen LogP contribution in [0.3, 0.4) is 0 Å². The van der Waals surface area contributed by atoms with Gasteiger partial charge in [-0.25, -0.2) is 0 Å². The zero-order chi connectivity index (χ0) is 12.1. The van der Waals surface area contributed by atoms with Crippen molar-refractivity contribution in [2.45, 2.75) is 6.04 Å². The van der Waals surface area contributed by atoms with E-state index in [0.717, 1.165) is 17.1 Å². The summed E-state index contributed by atoms with van der Waals surface area (Å²) in [5, 5.41) is 0. The predicted octanol–water partition coefficient (Wildman–Crippen LogP) is 1.27. The van der Waals surface area contributed by atoms with Gasteiger partial charge in [-0.05, 0) is 20.2 Å². The Morgan fingerprint density at radius 3 is 2.38 bits per heavy atom. The Balaban J connectivity index is 3.11. The van der Waals surface area contributed by atoms with Gasteiger partial charge < -0.3 is 20.1 Å². The Morgan fingerprint density at radius 2 is 1.94 bits per heavy atom. The summed E-state index contributed by atoms with van der Waals surface area (Å²) in [6.07, 6.45) is 0. The quantitative estimate of drug-likeness (QED) is 0.818. The molecule has 0 aliphatic heterocycles. The van der Waals surface area contributed by atoms with Crippen molar-refractivity contribution in [1.82, 2.24) is 4.90 Å². The van der Waals surface area contributed by atoms with Crippen molar-refractivity contribution in [2.75, 3.05) is 34.9 Å². The van der Waals surface area contributed by atoms with Crippen molar-refractivity contribution < 1.29 is 9.47 Å². The molecule has 0 spiro atoms. The van der Waals surface area contributed by atoms with Crippen molar-refractivity contribution in [3.8, 4) is 11.5 Å². The highest BCUT2D eigenvalue weighted by Gasteiger charge is 2.17. The fourth-order valence-electron chi connectivity index (χ4n) is 1.71. The number of methoxy groups -OCH3 is 2. The van der Waals surface area contributed by atoms with Crippen LogP contribution in [0, 0.1) is 0 Å². The SMILES string of the molecule is COc1ccc([C@H](CN)N(C)C)c(OC)c1. The highest BCUT2D eigenvalue weighted by Crippen LogP contribution is 2.30. The number of hydrogen-bond acceptors (Lipinski definition) is 4. The summed E-state index contributed by atoms with van der Waals surface area (Å²) in [4.78, 5) is 2.07. The molecule has 1 atom stereocenters. The first-order valence-corrected chi connectivity index (χ1v) is 5.22. The fraction of sp³-hybridized carbons (Fsp3) is 0.500. The van der Waals surface area contributed by atoms with Crippen molar-refractivity contribution in [1.29, 1.82) is 0 Å². The van der Waals surface area contributed by atoms with Crippen LogP contribution in [0.15, 0.2) is 18.2 Å². The maximum absolute atomic E-state index is 5.77. The summed E-state index contributed by atoms with van der Waals surface area (Å²) < 4.78 is 10.5. The molecule has 4 nitrogen and oxygen atoms in total. The smallest absolute Gasteiger partial charge is 0.127 e. The Labute approximate surface area is 96.9 Å². The van der Waals surface area contributed by atoms with Crippen LogP contribution in [0.2, 0.25) is 0 Å². The average Bonchev–Trinajstić information content (AvgIpc) is 2.29. The Kier molecular flexibility index (Phi) is 4.58. The van der Waals surface area contributed by atoms with E-state index in [0.29, 0.717) is 6.54 Å². The second kappa shape index (κ2) is 5.72. The van der Waals surface area contributed by atoms with Crippen LogP contribution >= 0.6 is 0 Å². The molecule has 0 saturated carbocycles. The molecule has 2 N–H and O–H groups in total. The lowest BCUT2D eigenvalue weighted by Gasteiger charge is -2.25. The second-order valence-electron chi connectivity index (χ2n) is 3.82. The van der Waals surface area contributed by atoms with Gasteiger partial charge in [0.25, 0.3) is 0 Å². The van der Waals surface area contributed by atoms with Crippen molar-refractivity contribution in [3.63, 3.8) is 0 Å². The molecule has 90 valence electrons. The van der Waals surface area contributed by atoms with Gasteiger partial charge in [0.1, 0.15) is 11.5 Å². The summed E-state index contributed by atoms with van der Waals surface area (Å²) in [6, 6.07) is 5.95. The van der Waals surface area contributed by atoms with E-state index in [1.807, 2.05) is 32.3 Å². The number of nitrogens with two attached hydrogens (primary N) is 1. The van der Waals surface area contributed by atoms with Gasteiger partial charge in [0.2, 0.25) is 0 Å². The van der Waals surface area contributed by atoms with Gasteiger partial charge in [-0.15, -0.1) is 0 Å². The molecule has 1 aromatic carbocycles. The molecule has 0 aromatic heterocycles. The van der Waals surface area contributed by atoms with Crippen LogP contribution in [0.25, 0.3) is 0 Å². The standard InChI is InChI=1S/C12H20N2O2/c1-14(2)11(8-13)10-6-5-9(15-3)7-12(10)16-4/h5-7,11H,8,13H2,1-4H3/t11-/m0/s1. The highest BCUT2D eigenvalue weighted by molar-refractivity contribution is 5.42. The third-order valence-electron chi connectivity index (χ3n) is 2.65. The van der Waals surface area contributed by atoms with Gasteiger partial charge in [0.05, 0.1) is 20.3 Å². The second-order valence-corrected chi connectivity index (χ2v) is 3.82. The van der Waals surface area contributed by atoms with E-state index in [1.54, 1.807) is 14.2 Å². The highest BCUT2D eigenvalue weighted by atomic mass is 16.5. The Morgan fingerprint density at radius 1 is 1.25 bits per heavy atom. The topological polar surface area (TPSA) is 47.7 Å². The molecule has 0 aliphatic rings. The zero-order valence-corrected chi connectivity index (χ0v) is 10.4. The average molecular weight is 224 g/mol. The molecule has 16 heavy (non-hydrogen) atoms. The van der Waals surface area contributed by atoms with Gasteiger partial charge in [0, 0.05) is 18.2 Å². The summed E-state index contributed by atoms with van der Waals surface area (Å²) in [5.41, 5.74) is 6.85. The van der Waals surface area contributed by atoms with E-state index >= 15 is 0 Å². The number of nitrogens with zero attached hydrogens (tertiary/aromatic N) is 1. The maximum atomic E-state index is 5.77. The van der Waals surface area contributed by atoms with Crippen LogP contribution in [-0.2, 0) is 0 Å². The number of ether oxygens (including phenoxy) is 2. The van der Waals surface area contributed by atoms with E-state index in [2.05, 4.69) is 4.90 Å². The minimum Gasteiger partial charge on any atom is -0.497 e. The summed E-state index contributed by atoms with van der Waals surface area (Å²) in [6.45, 7) is 0.551. The Hall–Kier alpha value is -1.26.